The maximum absolute atomic E-state index is 10.9. The fraction of sp³-hybridized carbons (Fsp3) is 0.273. The molecule has 0 unspecified atom stereocenters. The molecule has 78 valence electrons. The zero-order chi connectivity index (χ0) is 10.8. The maximum atomic E-state index is 10.9. The SMILES string of the molecule is Cc1c(C(=O)O)cccc1C1=NCCS1. The van der Waals surface area contributed by atoms with Gasteiger partial charge in [-0.1, -0.05) is 12.1 Å². The Morgan fingerprint density at radius 3 is 2.93 bits per heavy atom. The summed E-state index contributed by atoms with van der Waals surface area (Å²) in [7, 11) is 0. The van der Waals surface area contributed by atoms with Gasteiger partial charge in [0.25, 0.3) is 0 Å². The highest BCUT2D eigenvalue weighted by Gasteiger charge is 2.16. The fourth-order valence-electron chi connectivity index (χ4n) is 1.60. The van der Waals surface area contributed by atoms with E-state index in [1.165, 1.54) is 0 Å². The monoisotopic (exact) mass is 221 g/mol. The number of carboxylic acid groups (broad SMARTS) is 1. The van der Waals surface area contributed by atoms with Crippen LogP contribution in [0.25, 0.3) is 0 Å². The van der Waals surface area contributed by atoms with E-state index in [1.54, 1.807) is 23.9 Å². The minimum atomic E-state index is -0.877. The molecule has 1 N–H and O–H groups in total. The van der Waals surface area contributed by atoms with E-state index in [4.69, 9.17) is 5.11 Å². The van der Waals surface area contributed by atoms with Gasteiger partial charge in [0.1, 0.15) is 0 Å². The Morgan fingerprint density at radius 1 is 1.53 bits per heavy atom. The molecule has 4 heteroatoms. The number of aliphatic imine (C=N–C) groups is 1. The summed E-state index contributed by atoms with van der Waals surface area (Å²) in [5, 5.41) is 9.95. The maximum Gasteiger partial charge on any atom is 0.335 e. The van der Waals surface area contributed by atoms with Crippen molar-refractivity contribution in [2.45, 2.75) is 6.92 Å². The molecule has 2 rings (SSSR count). The summed E-state index contributed by atoms with van der Waals surface area (Å²) >= 11 is 1.69. The third-order valence-corrected chi connectivity index (χ3v) is 3.39. The van der Waals surface area contributed by atoms with Crippen molar-refractivity contribution in [2.75, 3.05) is 12.3 Å². The van der Waals surface area contributed by atoms with Gasteiger partial charge in [0, 0.05) is 17.9 Å². The summed E-state index contributed by atoms with van der Waals surface area (Å²) < 4.78 is 0. The average molecular weight is 221 g/mol. The van der Waals surface area contributed by atoms with Crippen molar-refractivity contribution < 1.29 is 9.90 Å². The molecule has 0 radical (unpaired) electrons. The molecular weight excluding hydrogens is 210 g/mol. The van der Waals surface area contributed by atoms with Crippen molar-refractivity contribution >= 4 is 22.8 Å². The number of thioether (sulfide) groups is 1. The number of hydrogen-bond donors (Lipinski definition) is 1. The van der Waals surface area contributed by atoms with E-state index in [1.807, 2.05) is 13.0 Å². The Morgan fingerprint density at radius 2 is 2.33 bits per heavy atom. The van der Waals surface area contributed by atoms with E-state index >= 15 is 0 Å². The molecule has 0 fully saturated rings. The van der Waals surface area contributed by atoms with E-state index in [0.29, 0.717) is 5.56 Å². The molecule has 0 amide bonds. The molecule has 1 aliphatic rings. The molecule has 1 aliphatic heterocycles. The number of rotatable bonds is 2. The van der Waals surface area contributed by atoms with Crippen LogP contribution in [-0.4, -0.2) is 28.4 Å². The first-order valence-electron chi connectivity index (χ1n) is 4.70. The molecule has 1 heterocycles. The number of aromatic carboxylic acids is 1. The van der Waals surface area contributed by atoms with Crippen LogP contribution in [0.2, 0.25) is 0 Å². The molecule has 0 atom stereocenters. The van der Waals surface area contributed by atoms with Crippen molar-refractivity contribution in [3.05, 3.63) is 34.9 Å². The lowest BCUT2D eigenvalue weighted by Crippen LogP contribution is -2.04. The van der Waals surface area contributed by atoms with Gasteiger partial charge < -0.3 is 5.11 Å². The van der Waals surface area contributed by atoms with Gasteiger partial charge in [-0.3, -0.25) is 4.99 Å². The van der Waals surface area contributed by atoms with Crippen molar-refractivity contribution in [1.29, 1.82) is 0 Å². The van der Waals surface area contributed by atoms with Gasteiger partial charge in [-0.05, 0) is 18.6 Å². The predicted molar refractivity (Wildman–Crippen MR) is 62.0 cm³/mol. The van der Waals surface area contributed by atoms with E-state index in [2.05, 4.69) is 4.99 Å². The van der Waals surface area contributed by atoms with Crippen LogP contribution in [0.3, 0.4) is 0 Å². The zero-order valence-electron chi connectivity index (χ0n) is 8.36. The molecule has 15 heavy (non-hydrogen) atoms. The van der Waals surface area contributed by atoms with Gasteiger partial charge in [-0.2, -0.15) is 0 Å². The minimum Gasteiger partial charge on any atom is -0.478 e. The van der Waals surface area contributed by atoms with Crippen molar-refractivity contribution in [2.24, 2.45) is 4.99 Å². The number of carbonyl (C=O) groups is 1. The number of nitrogens with zero attached hydrogens (tertiary/aromatic N) is 1. The van der Waals surface area contributed by atoms with Crippen molar-refractivity contribution in [3.8, 4) is 0 Å². The molecule has 1 aromatic rings. The number of hydrogen-bond acceptors (Lipinski definition) is 3. The van der Waals surface area contributed by atoms with Crippen LogP contribution in [0.1, 0.15) is 21.5 Å². The lowest BCUT2D eigenvalue weighted by Gasteiger charge is -2.07. The Hall–Kier alpha value is -1.29. The average Bonchev–Trinajstić information content (AvgIpc) is 2.70. The highest BCUT2D eigenvalue weighted by atomic mass is 32.2. The topological polar surface area (TPSA) is 49.7 Å². The van der Waals surface area contributed by atoms with Crippen LogP contribution in [0, 0.1) is 6.92 Å². The first kappa shape index (κ1) is 10.2. The number of benzene rings is 1. The van der Waals surface area contributed by atoms with Crippen LogP contribution in [0.5, 0.6) is 0 Å². The Labute approximate surface area is 92.2 Å². The van der Waals surface area contributed by atoms with Gasteiger partial charge in [0.2, 0.25) is 0 Å². The number of carboxylic acids is 1. The zero-order valence-corrected chi connectivity index (χ0v) is 9.17. The molecule has 0 saturated heterocycles. The van der Waals surface area contributed by atoms with Gasteiger partial charge in [0.15, 0.2) is 0 Å². The molecular formula is C11H11NO2S. The highest BCUT2D eigenvalue weighted by molar-refractivity contribution is 8.14. The summed E-state index contributed by atoms with van der Waals surface area (Å²) in [5.74, 6) is 0.115. The molecule has 0 saturated carbocycles. The first-order chi connectivity index (χ1) is 7.20. The molecule has 1 aromatic carbocycles. The van der Waals surface area contributed by atoms with E-state index < -0.39 is 5.97 Å². The van der Waals surface area contributed by atoms with E-state index in [0.717, 1.165) is 28.5 Å². The second-order valence-electron chi connectivity index (χ2n) is 3.32. The molecule has 0 spiro atoms. The largest absolute Gasteiger partial charge is 0.478 e. The van der Waals surface area contributed by atoms with Crippen LogP contribution in [-0.2, 0) is 0 Å². The smallest absolute Gasteiger partial charge is 0.335 e. The van der Waals surface area contributed by atoms with Crippen LogP contribution >= 0.6 is 11.8 Å². The Kier molecular flexibility index (Phi) is 2.77. The van der Waals surface area contributed by atoms with Crippen LogP contribution in [0.4, 0.5) is 0 Å². The van der Waals surface area contributed by atoms with E-state index in [9.17, 15) is 4.79 Å². The highest BCUT2D eigenvalue weighted by Crippen LogP contribution is 2.23. The molecule has 3 nitrogen and oxygen atoms in total. The van der Waals surface area contributed by atoms with Gasteiger partial charge in [-0.15, -0.1) is 11.8 Å². The fourth-order valence-corrected chi connectivity index (χ4v) is 2.53. The van der Waals surface area contributed by atoms with Crippen LogP contribution < -0.4 is 0 Å². The molecule has 0 aromatic heterocycles. The summed E-state index contributed by atoms with van der Waals surface area (Å²) in [6, 6.07) is 5.33. The van der Waals surface area contributed by atoms with Gasteiger partial charge in [0.05, 0.1) is 10.6 Å². The summed E-state index contributed by atoms with van der Waals surface area (Å²) in [5.41, 5.74) is 2.12. The van der Waals surface area contributed by atoms with E-state index in [-0.39, 0.29) is 0 Å². The first-order valence-corrected chi connectivity index (χ1v) is 5.69. The Balaban J connectivity index is 2.48. The summed E-state index contributed by atoms with van der Waals surface area (Å²) in [6.45, 7) is 2.66. The third-order valence-electron chi connectivity index (χ3n) is 2.38. The second-order valence-corrected chi connectivity index (χ2v) is 4.40. The van der Waals surface area contributed by atoms with Gasteiger partial charge >= 0.3 is 5.97 Å². The molecule has 0 aliphatic carbocycles. The third kappa shape index (κ3) is 1.90. The normalized spacial score (nSPS) is 15.1. The summed E-state index contributed by atoms with van der Waals surface area (Å²) in [6.07, 6.45) is 0. The van der Waals surface area contributed by atoms with Crippen molar-refractivity contribution in [1.82, 2.24) is 0 Å². The summed E-state index contributed by atoms with van der Waals surface area (Å²) in [4.78, 5) is 15.3. The van der Waals surface area contributed by atoms with Crippen molar-refractivity contribution in [3.63, 3.8) is 0 Å². The lowest BCUT2D eigenvalue weighted by atomic mass is 10.0. The second kappa shape index (κ2) is 4.06. The molecule has 0 bridgehead atoms. The van der Waals surface area contributed by atoms with Gasteiger partial charge in [-0.25, -0.2) is 4.79 Å². The lowest BCUT2D eigenvalue weighted by molar-refractivity contribution is 0.0696. The minimum absolute atomic E-state index is 0.364. The predicted octanol–water partition coefficient (Wildman–Crippen LogP) is 2.19. The quantitative estimate of drug-likeness (QED) is 0.832. The Bertz CT molecular complexity index is 440. The van der Waals surface area contributed by atoms with Crippen LogP contribution in [0.15, 0.2) is 23.2 Å². The standard InChI is InChI=1S/C11H11NO2S/c1-7-8(10-12-5-6-15-10)3-2-4-9(7)11(13)14/h2-4H,5-6H2,1H3,(H,13,14).